The Labute approximate surface area is 110 Å². The summed E-state index contributed by atoms with van der Waals surface area (Å²) in [6.07, 6.45) is 2.52. The van der Waals surface area contributed by atoms with E-state index in [2.05, 4.69) is 10.4 Å². The van der Waals surface area contributed by atoms with Crippen LogP contribution in [0.25, 0.3) is 0 Å². The number of carbonyl (C=O) groups is 1. The number of hydrogen-bond donors (Lipinski definition) is 3. The van der Waals surface area contributed by atoms with E-state index in [0.29, 0.717) is 18.5 Å². The van der Waals surface area contributed by atoms with Gasteiger partial charge in [0.15, 0.2) is 0 Å². The molecular weight excluding hydrogens is 244 g/mol. The predicted octanol–water partition coefficient (Wildman–Crippen LogP) is 0.680. The number of phenolic OH excluding ortho intramolecular Hbond substituents is 1. The molecule has 0 aliphatic rings. The molecule has 0 aliphatic heterocycles. The molecule has 0 unspecified atom stereocenters. The third-order valence-electron chi connectivity index (χ3n) is 2.73. The van der Waals surface area contributed by atoms with Crippen LogP contribution in [0.2, 0.25) is 0 Å². The molecule has 2 rings (SSSR count). The molecule has 0 spiro atoms. The first-order valence-electron chi connectivity index (χ1n) is 5.91. The van der Waals surface area contributed by atoms with E-state index in [1.54, 1.807) is 10.7 Å². The SMILES string of the molecule is Cn1ccc(CCNC(=O)c2ccc(N)c(O)c2)n1. The molecule has 6 heteroatoms. The molecule has 0 atom stereocenters. The highest BCUT2D eigenvalue weighted by molar-refractivity contribution is 5.95. The Morgan fingerprint density at radius 1 is 1.47 bits per heavy atom. The Morgan fingerprint density at radius 3 is 2.89 bits per heavy atom. The number of anilines is 1. The Bertz CT molecular complexity index is 592. The van der Waals surface area contributed by atoms with Crippen molar-refractivity contribution < 1.29 is 9.90 Å². The number of nitrogens with two attached hydrogens (primary N) is 1. The smallest absolute Gasteiger partial charge is 0.251 e. The van der Waals surface area contributed by atoms with Crippen molar-refractivity contribution in [2.75, 3.05) is 12.3 Å². The molecule has 1 amide bonds. The number of nitrogens with one attached hydrogen (secondary N) is 1. The molecule has 0 aliphatic carbocycles. The van der Waals surface area contributed by atoms with Gasteiger partial charge in [0.25, 0.3) is 5.91 Å². The predicted molar refractivity (Wildman–Crippen MR) is 71.8 cm³/mol. The number of aromatic nitrogens is 2. The lowest BCUT2D eigenvalue weighted by molar-refractivity contribution is 0.0953. The second-order valence-electron chi connectivity index (χ2n) is 4.26. The second kappa shape index (κ2) is 5.43. The van der Waals surface area contributed by atoms with Crippen molar-refractivity contribution in [3.63, 3.8) is 0 Å². The van der Waals surface area contributed by atoms with Gasteiger partial charge in [-0.3, -0.25) is 9.48 Å². The first-order valence-corrected chi connectivity index (χ1v) is 5.91. The second-order valence-corrected chi connectivity index (χ2v) is 4.26. The van der Waals surface area contributed by atoms with Crippen molar-refractivity contribution >= 4 is 11.6 Å². The van der Waals surface area contributed by atoms with Crippen LogP contribution in [0.4, 0.5) is 5.69 Å². The Kier molecular flexibility index (Phi) is 3.70. The number of carbonyl (C=O) groups excluding carboxylic acids is 1. The number of nitrogen functional groups attached to an aromatic ring is 1. The van der Waals surface area contributed by atoms with Gasteiger partial charge in [-0.15, -0.1) is 0 Å². The van der Waals surface area contributed by atoms with E-state index in [1.807, 2.05) is 19.3 Å². The van der Waals surface area contributed by atoms with Crippen LogP contribution in [0.5, 0.6) is 5.75 Å². The van der Waals surface area contributed by atoms with Gasteiger partial charge >= 0.3 is 0 Å². The zero-order chi connectivity index (χ0) is 13.8. The van der Waals surface area contributed by atoms with Crippen LogP contribution >= 0.6 is 0 Å². The van der Waals surface area contributed by atoms with Crippen molar-refractivity contribution in [2.24, 2.45) is 7.05 Å². The van der Waals surface area contributed by atoms with Gasteiger partial charge in [0.05, 0.1) is 11.4 Å². The highest BCUT2D eigenvalue weighted by Gasteiger charge is 2.07. The summed E-state index contributed by atoms with van der Waals surface area (Å²) in [5.41, 5.74) is 7.03. The van der Waals surface area contributed by atoms with Crippen molar-refractivity contribution in [1.29, 1.82) is 0 Å². The lowest BCUT2D eigenvalue weighted by Crippen LogP contribution is -2.25. The summed E-state index contributed by atoms with van der Waals surface area (Å²) in [7, 11) is 1.85. The number of aromatic hydroxyl groups is 1. The molecule has 1 aromatic carbocycles. The van der Waals surface area contributed by atoms with Gasteiger partial charge in [0.1, 0.15) is 5.75 Å². The van der Waals surface area contributed by atoms with Crippen LogP contribution in [-0.4, -0.2) is 27.3 Å². The van der Waals surface area contributed by atoms with Gasteiger partial charge in [-0.1, -0.05) is 0 Å². The maximum Gasteiger partial charge on any atom is 0.251 e. The molecule has 6 nitrogen and oxygen atoms in total. The maximum absolute atomic E-state index is 11.8. The summed E-state index contributed by atoms with van der Waals surface area (Å²) >= 11 is 0. The summed E-state index contributed by atoms with van der Waals surface area (Å²) in [4.78, 5) is 11.8. The van der Waals surface area contributed by atoms with Crippen LogP contribution in [0.15, 0.2) is 30.5 Å². The largest absolute Gasteiger partial charge is 0.506 e. The van der Waals surface area contributed by atoms with E-state index in [1.165, 1.54) is 12.1 Å². The third kappa shape index (κ3) is 3.25. The topological polar surface area (TPSA) is 93.2 Å². The molecule has 19 heavy (non-hydrogen) atoms. The summed E-state index contributed by atoms with van der Waals surface area (Å²) in [5, 5.41) is 16.4. The number of benzene rings is 1. The molecule has 0 saturated carbocycles. The minimum Gasteiger partial charge on any atom is -0.506 e. The summed E-state index contributed by atoms with van der Waals surface area (Å²) in [6, 6.07) is 6.33. The minimum absolute atomic E-state index is 0.0858. The zero-order valence-electron chi connectivity index (χ0n) is 10.6. The fraction of sp³-hybridized carbons (Fsp3) is 0.231. The lowest BCUT2D eigenvalue weighted by Gasteiger charge is -2.05. The lowest BCUT2D eigenvalue weighted by atomic mass is 10.1. The molecular formula is C13H16N4O2. The monoisotopic (exact) mass is 260 g/mol. The van der Waals surface area contributed by atoms with Crippen molar-refractivity contribution in [2.45, 2.75) is 6.42 Å². The van der Waals surface area contributed by atoms with E-state index < -0.39 is 0 Å². The van der Waals surface area contributed by atoms with Gasteiger partial charge in [-0.2, -0.15) is 5.10 Å². The average Bonchev–Trinajstić information content (AvgIpc) is 2.78. The first-order chi connectivity index (χ1) is 9.06. The van der Waals surface area contributed by atoms with Crippen LogP contribution < -0.4 is 11.1 Å². The zero-order valence-corrected chi connectivity index (χ0v) is 10.6. The third-order valence-corrected chi connectivity index (χ3v) is 2.73. The number of amides is 1. The van der Waals surface area contributed by atoms with Crippen molar-refractivity contribution in [1.82, 2.24) is 15.1 Å². The Balaban J connectivity index is 1.89. The molecule has 1 aromatic heterocycles. The summed E-state index contributed by atoms with van der Waals surface area (Å²) in [5.74, 6) is -0.330. The van der Waals surface area contributed by atoms with E-state index in [9.17, 15) is 9.90 Å². The number of hydrogen-bond acceptors (Lipinski definition) is 4. The molecule has 1 heterocycles. The van der Waals surface area contributed by atoms with Crippen LogP contribution in [-0.2, 0) is 13.5 Å². The standard InChI is InChI=1S/C13H16N4O2/c1-17-7-5-10(16-17)4-6-15-13(19)9-2-3-11(14)12(18)8-9/h2-3,5,7-8,18H,4,6,14H2,1H3,(H,15,19). The van der Waals surface area contributed by atoms with E-state index in [-0.39, 0.29) is 17.3 Å². The van der Waals surface area contributed by atoms with Gasteiger partial charge in [0.2, 0.25) is 0 Å². The van der Waals surface area contributed by atoms with Gasteiger partial charge in [-0.05, 0) is 24.3 Å². The van der Waals surface area contributed by atoms with Crippen LogP contribution in [0.3, 0.4) is 0 Å². The molecule has 0 bridgehead atoms. The van der Waals surface area contributed by atoms with Gasteiger partial charge in [0, 0.05) is 31.8 Å². The highest BCUT2D eigenvalue weighted by Crippen LogP contribution is 2.20. The average molecular weight is 260 g/mol. The number of nitrogens with zero attached hydrogens (tertiary/aromatic N) is 2. The van der Waals surface area contributed by atoms with Crippen molar-refractivity contribution in [3.05, 3.63) is 41.7 Å². The fourth-order valence-corrected chi connectivity index (χ4v) is 1.69. The number of phenols is 1. The van der Waals surface area contributed by atoms with Crippen molar-refractivity contribution in [3.8, 4) is 5.75 Å². The first kappa shape index (κ1) is 12.9. The highest BCUT2D eigenvalue weighted by atomic mass is 16.3. The Hall–Kier alpha value is -2.50. The summed E-state index contributed by atoms with van der Waals surface area (Å²) in [6.45, 7) is 0.487. The minimum atomic E-state index is -0.244. The number of aryl methyl sites for hydroxylation is 1. The van der Waals surface area contributed by atoms with E-state index in [0.717, 1.165) is 5.69 Å². The molecule has 100 valence electrons. The van der Waals surface area contributed by atoms with Gasteiger partial charge < -0.3 is 16.2 Å². The molecule has 2 aromatic rings. The quantitative estimate of drug-likeness (QED) is 0.556. The van der Waals surface area contributed by atoms with E-state index >= 15 is 0 Å². The molecule has 0 radical (unpaired) electrons. The van der Waals surface area contributed by atoms with Crippen LogP contribution in [0.1, 0.15) is 16.1 Å². The van der Waals surface area contributed by atoms with E-state index in [4.69, 9.17) is 5.73 Å². The van der Waals surface area contributed by atoms with Crippen LogP contribution in [0, 0.1) is 0 Å². The number of rotatable bonds is 4. The molecule has 4 N–H and O–H groups in total. The molecule has 0 saturated heterocycles. The maximum atomic E-state index is 11.8. The normalized spacial score (nSPS) is 10.4. The van der Waals surface area contributed by atoms with Gasteiger partial charge in [-0.25, -0.2) is 0 Å². The fourth-order valence-electron chi connectivity index (χ4n) is 1.69. The molecule has 0 fully saturated rings. The summed E-state index contributed by atoms with van der Waals surface area (Å²) < 4.78 is 1.72. The Morgan fingerprint density at radius 2 is 2.26 bits per heavy atom.